The van der Waals surface area contributed by atoms with Crippen LogP contribution in [-0.2, 0) is 0 Å². The number of benzene rings is 1. The van der Waals surface area contributed by atoms with Crippen LogP contribution in [0.25, 0.3) is 5.69 Å². The van der Waals surface area contributed by atoms with E-state index < -0.39 is 0 Å². The lowest BCUT2D eigenvalue weighted by atomic mass is 10.2. The third-order valence-corrected chi connectivity index (χ3v) is 3.17. The predicted molar refractivity (Wildman–Crippen MR) is 65.3 cm³/mol. The minimum atomic E-state index is 0.583. The summed E-state index contributed by atoms with van der Waals surface area (Å²) >= 11 is 5.95. The maximum Gasteiger partial charge on any atom is 0.101 e. The molecule has 0 saturated heterocycles. The Hall–Kier alpha value is -1.79. The maximum atomic E-state index is 9.06. The van der Waals surface area contributed by atoms with Gasteiger partial charge < -0.3 is 0 Å². The molecule has 2 aromatic rings. The fourth-order valence-corrected chi connectivity index (χ4v) is 2.02. The molecular weight excluding hydrogens is 234 g/mol. The molecule has 1 aliphatic rings. The van der Waals surface area contributed by atoms with Crippen molar-refractivity contribution in [2.24, 2.45) is 0 Å². The lowest BCUT2D eigenvalue weighted by Crippen LogP contribution is -1.99. The van der Waals surface area contributed by atoms with Crippen LogP contribution < -0.4 is 0 Å². The Morgan fingerprint density at radius 2 is 2.18 bits per heavy atom. The molecule has 1 aliphatic carbocycles. The van der Waals surface area contributed by atoms with Crippen molar-refractivity contribution in [2.75, 3.05) is 0 Å². The van der Waals surface area contributed by atoms with Crippen molar-refractivity contribution in [3.05, 3.63) is 46.7 Å². The quantitative estimate of drug-likeness (QED) is 0.812. The van der Waals surface area contributed by atoms with Crippen LogP contribution in [0.1, 0.15) is 30.0 Å². The molecule has 1 aromatic heterocycles. The van der Waals surface area contributed by atoms with Gasteiger partial charge in [-0.15, -0.1) is 0 Å². The summed E-state index contributed by atoms with van der Waals surface area (Å²) in [5, 5.41) is 14.2. The first-order valence-electron chi connectivity index (χ1n) is 5.53. The number of nitrogens with zero attached hydrogens (tertiary/aromatic N) is 3. The van der Waals surface area contributed by atoms with Crippen LogP contribution in [0.5, 0.6) is 0 Å². The second kappa shape index (κ2) is 3.90. The van der Waals surface area contributed by atoms with E-state index >= 15 is 0 Å². The van der Waals surface area contributed by atoms with Crippen LogP contribution in [0.3, 0.4) is 0 Å². The Balaban J connectivity index is 2.07. The van der Waals surface area contributed by atoms with Gasteiger partial charge in [-0.2, -0.15) is 10.4 Å². The molecule has 1 fully saturated rings. The molecule has 0 radical (unpaired) electrons. The van der Waals surface area contributed by atoms with E-state index in [4.69, 9.17) is 16.9 Å². The van der Waals surface area contributed by atoms with Crippen molar-refractivity contribution in [1.82, 2.24) is 9.78 Å². The van der Waals surface area contributed by atoms with Gasteiger partial charge in [0.2, 0.25) is 0 Å². The first-order chi connectivity index (χ1) is 8.28. The second-order valence-corrected chi connectivity index (χ2v) is 4.67. The second-order valence-electron chi connectivity index (χ2n) is 4.23. The van der Waals surface area contributed by atoms with Gasteiger partial charge in [-0.25, -0.2) is 4.68 Å². The monoisotopic (exact) mass is 243 g/mol. The Morgan fingerprint density at radius 3 is 2.88 bits per heavy atom. The molecule has 3 nitrogen and oxygen atoms in total. The highest BCUT2D eigenvalue weighted by atomic mass is 35.5. The molecule has 0 atom stereocenters. The van der Waals surface area contributed by atoms with Crippen molar-refractivity contribution < 1.29 is 0 Å². The van der Waals surface area contributed by atoms with Gasteiger partial charge in [0.05, 0.1) is 16.9 Å². The summed E-state index contributed by atoms with van der Waals surface area (Å²) in [7, 11) is 0. The van der Waals surface area contributed by atoms with Crippen LogP contribution in [0.2, 0.25) is 5.02 Å². The van der Waals surface area contributed by atoms with Gasteiger partial charge >= 0.3 is 0 Å². The summed E-state index contributed by atoms with van der Waals surface area (Å²) in [5.74, 6) is 0.612. The standard InChI is InChI=1S/C13H10ClN3/c14-11-4-3-10(8-15)13(7-11)17-6-5-12(16-17)9-1-2-9/h3-7,9H,1-2H2. The fraction of sp³-hybridized carbons (Fsp3) is 0.231. The van der Waals surface area contributed by atoms with Crippen LogP contribution in [0, 0.1) is 11.3 Å². The van der Waals surface area contributed by atoms with Gasteiger partial charge in [0.15, 0.2) is 0 Å². The van der Waals surface area contributed by atoms with Crippen LogP contribution >= 0.6 is 11.6 Å². The minimum absolute atomic E-state index is 0.583. The highest BCUT2D eigenvalue weighted by Gasteiger charge is 2.26. The highest BCUT2D eigenvalue weighted by molar-refractivity contribution is 6.30. The van der Waals surface area contributed by atoms with E-state index in [0.717, 1.165) is 11.4 Å². The zero-order valence-electron chi connectivity index (χ0n) is 9.10. The number of hydrogen-bond acceptors (Lipinski definition) is 2. The number of halogens is 1. The van der Waals surface area contributed by atoms with Crippen LogP contribution in [0.4, 0.5) is 0 Å². The van der Waals surface area contributed by atoms with E-state index in [9.17, 15) is 0 Å². The smallest absolute Gasteiger partial charge is 0.101 e. The van der Waals surface area contributed by atoms with E-state index in [1.807, 2.05) is 12.3 Å². The fourth-order valence-electron chi connectivity index (χ4n) is 1.86. The Labute approximate surface area is 104 Å². The highest BCUT2D eigenvalue weighted by Crippen LogP contribution is 2.39. The van der Waals surface area contributed by atoms with Gasteiger partial charge in [-0.3, -0.25) is 0 Å². The first-order valence-corrected chi connectivity index (χ1v) is 5.91. The number of hydrogen-bond donors (Lipinski definition) is 0. The molecule has 0 amide bonds. The molecule has 0 aliphatic heterocycles. The zero-order valence-corrected chi connectivity index (χ0v) is 9.85. The van der Waals surface area contributed by atoms with E-state index in [1.54, 1.807) is 22.9 Å². The van der Waals surface area contributed by atoms with Gasteiger partial charge in [0.1, 0.15) is 6.07 Å². The normalized spacial score (nSPS) is 14.6. The molecule has 1 saturated carbocycles. The van der Waals surface area contributed by atoms with E-state index in [2.05, 4.69) is 11.2 Å². The summed E-state index contributed by atoms with van der Waals surface area (Å²) in [6.45, 7) is 0. The van der Waals surface area contributed by atoms with Crippen molar-refractivity contribution in [3.8, 4) is 11.8 Å². The Bertz CT molecular complexity index is 605. The van der Waals surface area contributed by atoms with E-state index in [-0.39, 0.29) is 0 Å². The van der Waals surface area contributed by atoms with E-state index in [0.29, 0.717) is 16.5 Å². The van der Waals surface area contributed by atoms with Crippen molar-refractivity contribution >= 4 is 11.6 Å². The van der Waals surface area contributed by atoms with Gasteiger partial charge in [-0.1, -0.05) is 11.6 Å². The molecule has 3 rings (SSSR count). The molecule has 0 bridgehead atoms. The topological polar surface area (TPSA) is 41.6 Å². The number of aromatic nitrogens is 2. The van der Waals surface area contributed by atoms with E-state index in [1.165, 1.54) is 12.8 Å². The SMILES string of the molecule is N#Cc1ccc(Cl)cc1-n1ccc(C2CC2)n1. The predicted octanol–water partition coefficient (Wildman–Crippen LogP) is 3.27. The lowest BCUT2D eigenvalue weighted by Gasteiger charge is -2.04. The summed E-state index contributed by atoms with van der Waals surface area (Å²) in [6.07, 6.45) is 4.33. The Kier molecular flexibility index (Phi) is 2.38. The van der Waals surface area contributed by atoms with Gasteiger partial charge in [0.25, 0.3) is 0 Å². The lowest BCUT2D eigenvalue weighted by molar-refractivity contribution is 0.835. The zero-order chi connectivity index (χ0) is 11.8. The van der Waals surface area contributed by atoms with Crippen LogP contribution in [0.15, 0.2) is 30.5 Å². The molecule has 0 unspecified atom stereocenters. The molecular formula is C13H10ClN3. The Morgan fingerprint density at radius 1 is 1.35 bits per heavy atom. The summed E-state index contributed by atoms with van der Waals surface area (Å²) < 4.78 is 1.73. The molecule has 17 heavy (non-hydrogen) atoms. The summed E-state index contributed by atoms with van der Waals surface area (Å²) in [4.78, 5) is 0. The molecule has 84 valence electrons. The van der Waals surface area contributed by atoms with Crippen molar-refractivity contribution in [1.29, 1.82) is 5.26 Å². The summed E-state index contributed by atoms with van der Waals surface area (Å²) in [5.41, 5.74) is 2.43. The van der Waals surface area contributed by atoms with Crippen molar-refractivity contribution in [2.45, 2.75) is 18.8 Å². The molecule has 0 spiro atoms. The maximum absolute atomic E-state index is 9.06. The van der Waals surface area contributed by atoms with Gasteiger partial charge in [-0.05, 0) is 37.1 Å². The largest absolute Gasteiger partial charge is 0.239 e. The van der Waals surface area contributed by atoms with Crippen molar-refractivity contribution in [3.63, 3.8) is 0 Å². The van der Waals surface area contributed by atoms with Crippen LogP contribution in [-0.4, -0.2) is 9.78 Å². The molecule has 0 N–H and O–H groups in total. The molecule has 4 heteroatoms. The number of rotatable bonds is 2. The summed E-state index contributed by atoms with van der Waals surface area (Å²) in [6, 6.07) is 9.37. The average Bonchev–Trinajstić information content (AvgIpc) is 3.07. The average molecular weight is 244 g/mol. The molecule has 1 aromatic carbocycles. The third kappa shape index (κ3) is 1.92. The number of nitriles is 1. The third-order valence-electron chi connectivity index (χ3n) is 2.93. The minimum Gasteiger partial charge on any atom is -0.239 e. The molecule has 1 heterocycles. The first kappa shape index (κ1) is 10.4. The van der Waals surface area contributed by atoms with Gasteiger partial charge in [0, 0.05) is 17.1 Å².